The van der Waals surface area contributed by atoms with Crippen LogP contribution in [0.1, 0.15) is 0 Å². The fourth-order valence-corrected chi connectivity index (χ4v) is 1.49. The van der Waals surface area contributed by atoms with E-state index in [0.29, 0.717) is 0 Å². The van der Waals surface area contributed by atoms with Crippen LogP contribution in [0.2, 0.25) is 10.0 Å². The van der Waals surface area contributed by atoms with Crippen LogP contribution in [0.25, 0.3) is 0 Å². The van der Waals surface area contributed by atoms with Gasteiger partial charge >= 0.3 is 18.9 Å². The fourth-order valence-electron chi connectivity index (χ4n) is 0.632. The molecule has 0 amide bonds. The van der Waals surface area contributed by atoms with E-state index in [-0.39, 0.29) is 33.8 Å². The summed E-state index contributed by atoms with van der Waals surface area (Å²) in [5, 5.41) is 0.262. The molecule has 3 nitrogen and oxygen atoms in total. The minimum absolute atomic E-state index is 0. The summed E-state index contributed by atoms with van der Waals surface area (Å²) in [6, 6.07) is 3.39. The van der Waals surface area contributed by atoms with E-state index in [1.807, 2.05) is 0 Å². The summed E-state index contributed by atoms with van der Waals surface area (Å²) < 4.78 is 31.3. The molecule has 0 unspecified atom stereocenters. The van der Waals surface area contributed by atoms with Crippen molar-refractivity contribution >= 4 is 33.3 Å². The van der Waals surface area contributed by atoms with Gasteiger partial charge in [0.15, 0.2) is 0 Å². The molecular formula is C6H3Cl2LiO3S. The largest absolute Gasteiger partial charge is 1.00 e. The predicted octanol–water partition coefficient (Wildman–Crippen LogP) is -1.10. The van der Waals surface area contributed by atoms with Gasteiger partial charge in [-0.25, -0.2) is 8.42 Å². The Hall–Kier alpha value is 0.307. The molecule has 7 heteroatoms. The van der Waals surface area contributed by atoms with Crippen LogP contribution in [-0.2, 0) is 10.1 Å². The molecule has 1 aromatic rings. The summed E-state index contributed by atoms with van der Waals surface area (Å²) in [6.45, 7) is 0. The Bertz CT molecular complexity index is 404. The van der Waals surface area contributed by atoms with Crippen LogP contribution < -0.4 is 18.9 Å². The van der Waals surface area contributed by atoms with E-state index < -0.39 is 10.1 Å². The zero-order chi connectivity index (χ0) is 9.35. The Kier molecular flexibility index (Phi) is 4.81. The van der Waals surface area contributed by atoms with Crippen LogP contribution in [0.15, 0.2) is 23.1 Å². The van der Waals surface area contributed by atoms with Gasteiger partial charge in [-0.2, -0.15) is 0 Å². The first-order valence-corrected chi connectivity index (χ1v) is 4.98. The van der Waals surface area contributed by atoms with Gasteiger partial charge in [-0.3, -0.25) is 0 Å². The summed E-state index contributed by atoms with van der Waals surface area (Å²) in [4.78, 5) is -0.378. The monoisotopic (exact) mass is 232 g/mol. The summed E-state index contributed by atoms with van der Waals surface area (Å²) in [6.07, 6.45) is 0. The van der Waals surface area contributed by atoms with Crippen molar-refractivity contribution in [3.8, 4) is 0 Å². The van der Waals surface area contributed by atoms with Gasteiger partial charge in [-0.05, 0) is 18.2 Å². The van der Waals surface area contributed by atoms with Crippen LogP contribution in [0, 0.1) is 0 Å². The minimum Gasteiger partial charge on any atom is -0.744 e. The maximum absolute atomic E-state index is 10.4. The maximum Gasteiger partial charge on any atom is 1.00 e. The Morgan fingerprint density at radius 3 is 2.08 bits per heavy atom. The van der Waals surface area contributed by atoms with Crippen LogP contribution >= 0.6 is 23.2 Å². The molecule has 0 atom stereocenters. The van der Waals surface area contributed by atoms with E-state index in [2.05, 4.69) is 0 Å². The first-order chi connectivity index (χ1) is 5.41. The standard InChI is InChI=1S/C6H4Cl2O3S.Li/c7-5-2-1-4(3-6(5)8)12(9,10)11;/h1-3H,(H,9,10,11);/q;+1/p-1. The average Bonchev–Trinajstić information content (AvgIpc) is 1.92. The fraction of sp³-hybridized carbons (Fsp3) is 0. The van der Waals surface area contributed by atoms with Crippen molar-refractivity contribution in [2.45, 2.75) is 4.90 Å². The average molecular weight is 233 g/mol. The SMILES string of the molecule is O=S(=O)([O-])c1ccc(Cl)c(Cl)c1.[Li+]. The van der Waals surface area contributed by atoms with E-state index >= 15 is 0 Å². The third-order valence-corrected chi connectivity index (χ3v) is 2.75. The van der Waals surface area contributed by atoms with Crippen molar-refractivity contribution in [2.24, 2.45) is 0 Å². The van der Waals surface area contributed by atoms with E-state index in [1.165, 1.54) is 6.07 Å². The van der Waals surface area contributed by atoms with Gasteiger partial charge in [0, 0.05) is 0 Å². The number of benzene rings is 1. The molecule has 0 aromatic heterocycles. The first-order valence-electron chi connectivity index (χ1n) is 2.82. The van der Waals surface area contributed by atoms with Crippen LogP contribution in [0.4, 0.5) is 0 Å². The van der Waals surface area contributed by atoms with Crippen molar-refractivity contribution in [1.82, 2.24) is 0 Å². The Labute approximate surface area is 98.0 Å². The molecule has 0 saturated carbocycles. The summed E-state index contributed by atoms with van der Waals surface area (Å²) in [7, 11) is -4.44. The van der Waals surface area contributed by atoms with Crippen LogP contribution in [0.3, 0.4) is 0 Å². The third kappa shape index (κ3) is 3.51. The number of hydrogen-bond donors (Lipinski definition) is 0. The molecule has 13 heavy (non-hydrogen) atoms. The van der Waals surface area contributed by atoms with Gasteiger partial charge < -0.3 is 4.55 Å². The van der Waals surface area contributed by atoms with Crippen molar-refractivity contribution in [1.29, 1.82) is 0 Å². The molecule has 0 spiro atoms. The first kappa shape index (κ1) is 13.3. The zero-order valence-corrected chi connectivity index (χ0v) is 8.95. The molecular weight excluding hydrogens is 230 g/mol. The molecule has 0 saturated heterocycles. The Morgan fingerprint density at radius 1 is 1.15 bits per heavy atom. The number of rotatable bonds is 1. The quantitative estimate of drug-likeness (QED) is 0.457. The molecule has 0 N–H and O–H groups in total. The van der Waals surface area contributed by atoms with Gasteiger partial charge in [-0.15, -0.1) is 0 Å². The molecule has 0 bridgehead atoms. The zero-order valence-electron chi connectivity index (χ0n) is 6.62. The molecule has 0 radical (unpaired) electrons. The van der Waals surface area contributed by atoms with Gasteiger partial charge in [0.1, 0.15) is 10.1 Å². The predicted molar refractivity (Wildman–Crippen MR) is 44.4 cm³/mol. The van der Waals surface area contributed by atoms with Gasteiger partial charge in [0.25, 0.3) is 0 Å². The normalized spacial score (nSPS) is 10.7. The molecule has 0 aliphatic rings. The van der Waals surface area contributed by atoms with Gasteiger partial charge in [0.2, 0.25) is 0 Å². The van der Waals surface area contributed by atoms with Crippen molar-refractivity contribution in [2.75, 3.05) is 0 Å². The topological polar surface area (TPSA) is 57.2 Å². The Balaban J connectivity index is 0.00000144. The molecule has 66 valence electrons. The smallest absolute Gasteiger partial charge is 0.744 e. The molecule has 1 aromatic carbocycles. The Morgan fingerprint density at radius 2 is 1.69 bits per heavy atom. The van der Waals surface area contributed by atoms with E-state index in [9.17, 15) is 13.0 Å². The molecule has 0 aliphatic heterocycles. The van der Waals surface area contributed by atoms with Crippen molar-refractivity contribution < 1.29 is 31.8 Å². The van der Waals surface area contributed by atoms with Crippen molar-refractivity contribution in [3.05, 3.63) is 28.2 Å². The van der Waals surface area contributed by atoms with Crippen LogP contribution in [0.5, 0.6) is 0 Å². The summed E-state index contributed by atoms with van der Waals surface area (Å²) >= 11 is 11.0. The number of halogens is 2. The van der Waals surface area contributed by atoms with E-state index in [4.69, 9.17) is 23.2 Å². The molecule has 0 heterocycles. The second-order valence-corrected chi connectivity index (χ2v) is 4.22. The second-order valence-electron chi connectivity index (χ2n) is 2.03. The molecule has 1 rings (SSSR count). The maximum atomic E-state index is 10.4. The third-order valence-electron chi connectivity index (χ3n) is 1.18. The minimum atomic E-state index is -4.44. The number of hydrogen-bond acceptors (Lipinski definition) is 3. The molecule has 0 fully saturated rings. The van der Waals surface area contributed by atoms with Crippen molar-refractivity contribution in [3.63, 3.8) is 0 Å². The molecule has 0 aliphatic carbocycles. The summed E-state index contributed by atoms with van der Waals surface area (Å²) in [5.74, 6) is 0. The second kappa shape index (κ2) is 4.70. The van der Waals surface area contributed by atoms with E-state index in [0.717, 1.165) is 12.1 Å². The summed E-state index contributed by atoms with van der Waals surface area (Å²) in [5.41, 5.74) is 0. The van der Waals surface area contributed by atoms with Gasteiger partial charge in [0.05, 0.1) is 14.9 Å². The van der Waals surface area contributed by atoms with Crippen LogP contribution in [-0.4, -0.2) is 13.0 Å². The van der Waals surface area contributed by atoms with E-state index in [1.54, 1.807) is 0 Å². The van der Waals surface area contributed by atoms with Gasteiger partial charge in [-0.1, -0.05) is 23.2 Å².